The number of ether oxygens (including phenoxy) is 8. The van der Waals surface area contributed by atoms with Crippen molar-refractivity contribution in [1.29, 1.82) is 0 Å². The van der Waals surface area contributed by atoms with Gasteiger partial charge in [-0.05, 0) is 65.2 Å². The first-order chi connectivity index (χ1) is 53.2. The lowest BCUT2D eigenvalue weighted by Crippen LogP contribution is -2.61. The highest BCUT2D eigenvalue weighted by Crippen LogP contribution is 2.41. The molecule has 113 heavy (non-hydrogen) atoms. The molecule has 0 amide bonds. The number of rotatable bonds is 12. The lowest BCUT2D eigenvalue weighted by molar-refractivity contribution is -0.309. The fourth-order valence-electron chi connectivity index (χ4n) is 14.3. The minimum Gasteiger partial charge on any atom is -0.481 e. The van der Waals surface area contributed by atoms with Crippen molar-refractivity contribution in [3.63, 3.8) is 0 Å². The van der Waals surface area contributed by atoms with E-state index in [1.165, 1.54) is 0 Å². The molecule has 0 aromatic rings. The average molecular weight is 1630 g/mol. The topological polar surface area (TPSA) is 586 Å². The third-order valence-electron chi connectivity index (χ3n) is 20.3. The largest absolute Gasteiger partial charge is 0.481 e. The number of Topliss-reactive ketones (excluding diaryl/α,β-unsaturated/α-hetero) is 2. The molecule has 644 valence electrons. The minimum atomic E-state index is -4.67. The SMILES string of the molecule is CCC[C@@H]1CC=CC=CC=CC=C[C@H](O[C@@H]2O[C@H](C)[C@@H](O)[C@H](N)[C@@H]2O)C[C@@H]2O[C@](O)(C[C@@H](O)CCCC(=O)C[C@@H](O)[C@H](CC)C(=O)O1)C[C@H](O)[C@H]2C(=O)O.CCC[C@@H]1CC=CC=CC=CC=C[C@H](O[C@@H]2O[C@H](C)[C@@H](O)[C@H](N)[C@@H]2O)C[C@@H]2O[C@](O)(C[C@@H](O)CCCC(=O)C[C@@H](O)[C@H](CC)C(=O)O1)C[C@H](O)[C@H]2C(=O)O.O=S(=O)(O)O. The summed E-state index contributed by atoms with van der Waals surface area (Å²) in [6.45, 7) is 10.5. The molecule has 6 rings (SSSR count). The van der Waals surface area contributed by atoms with Gasteiger partial charge >= 0.3 is 34.3 Å². The van der Waals surface area contributed by atoms with Crippen molar-refractivity contribution in [2.24, 2.45) is 35.1 Å². The summed E-state index contributed by atoms with van der Waals surface area (Å²) in [6, 6.07) is -2.21. The van der Waals surface area contributed by atoms with Crippen LogP contribution < -0.4 is 11.5 Å². The van der Waals surface area contributed by atoms with Crippen LogP contribution in [0.4, 0.5) is 0 Å². The summed E-state index contributed by atoms with van der Waals surface area (Å²) in [5.41, 5.74) is 12.0. The zero-order valence-electron chi connectivity index (χ0n) is 65.1. The second-order valence-corrected chi connectivity index (χ2v) is 30.7. The number of carboxylic acid groups (broad SMARTS) is 2. The molecule has 0 aromatic heterocycles. The standard InChI is InChI=1S/2C39H61NO14.H2O4S/c2*1-4-14-26-17-11-9-7-6-8-10-12-18-27(53-38-35(46)33(40)34(45)23(3)51-38)20-31-32(36(47)48)30(44)22-39(50,54-31)21-25(42)16-13-15-24(41)19-29(43)28(5-2)37(49)52-26;1-5(2,3)4/h2*6-12,18,23,25-35,38,42-46,50H,4-5,13-17,19-22,40H2,1-3H3,(H,47,48);(H2,1,2,3,4)/t2*23-,25+,26-,27+,28+,29-,30+,31+,32-,33+,34-,35+,38+,39-;/m11./s1. The third-order valence-corrected chi connectivity index (χ3v) is 20.3. The van der Waals surface area contributed by atoms with Crippen LogP contribution in [-0.4, -0.2) is 271 Å². The Morgan fingerprint density at radius 1 is 0.504 bits per heavy atom. The van der Waals surface area contributed by atoms with Crippen molar-refractivity contribution < 1.29 is 156 Å². The monoisotopic (exact) mass is 1630 g/mol. The van der Waals surface area contributed by atoms with E-state index in [4.69, 9.17) is 66.9 Å². The molecule has 35 heteroatoms. The molecule has 0 aromatic carbocycles. The summed E-state index contributed by atoms with van der Waals surface area (Å²) in [4.78, 5) is 76.3. The van der Waals surface area contributed by atoms with E-state index in [0.29, 0.717) is 25.7 Å². The van der Waals surface area contributed by atoms with E-state index in [-0.39, 0.29) is 88.6 Å². The van der Waals surface area contributed by atoms with Gasteiger partial charge in [0.15, 0.2) is 24.2 Å². The van der Waals surface area contributed by atoms with Crippen molar-refractivity contribution in [3.05, 3.63) is 97.2 Å². The van der Waals surface area contributed by atoms with Crippen LogP contribution in [0.1, 0.15) is 183 Å². The number of carbonyl (C=O) groups is 6. The molecule has 6 aliphatic rings. The predicted octanol–water partition coefficient (Wildman–Crippen LogP) is 2.75. The van der Waals surface area contributed by atoms with Crippen molar-refractivity contribution in [2.75, 3.05) is 0 Å². The second kappa shape index (κ2) is 49.4. The number of aliphatic hydroxyl groups excluding tert-OH is 10. The Morgan fingerprint density at radius 2 is 0.832 bits per heavy atom. The zero-order chi connectivity index (χ0) is 84.5. The average Bonchev–Trinajstić information content (AvgIpc) is 0.789. The molecule has 6 aliphatic heterocycles. The van der Waals surface area contributed by atoms with E-state index < -0.39 is 230 Å². The van der Waals surface area contributed by atoms with Crippen molar-refractivity contribution in [1.82, 2.24) is 0 Å². The van der Waals surface area contributed by atoms with E-state index in [2.05, 4.69) is 0 Å². The number of cyclic esters (lactones) is 2. The van der Waals surface area contributed by atoms with E-state index in [1.54, 1.807) is 113 Å². The molecule has 6 heterocycles. The number of esters is 2. The van der Waals surface area contributed by atoms with Crippen LogP contribution in [0.25, 0.3) is 0 Å². The van der Waals surface area contributed by atoms with Gasteiger partial charge in [-0.15, -0.1) is 0 Å². The number of aliphatic carboxylic acids is 2. The quantitative estimate of drug-likeness (QED) is 0.0986. The van der Waals surface area contributed by atoms with Crippen LogP contribution in [0.15, 0.2) is 97.2 Å². The summed E-state index contributed by atoms with van der Waals surface area (Å²) in [5.74, 6) is -13.6. The smallest absolute Gasteiger partial charge is 0.394 e. The first kappa shape index (κ1) is 99.6. The fraction of sp³-hybridized carbons (Fsp3) is 0.718. The highest BCUT2D eigenvalue weighted by molar-refractivity contribution is 7.79. The van der Waals surface area contributed by atoms with Gasteiger partial charge in [-0.1, -0.05) is 138 Å². The number of carboxylic acids is 2. The molecule has 0 spiro atoms. The van der Waals surface area contributed by atoms with E-state index in [1.807, 2.05) is 26.0 Å². The molecular formula is C78H124N2O32S. The van der Waals surface area contributed by atoms with Crippen LogP contribution in [0, 0.1) is 23.7 Å². The third kappa shape index (κ3) is 34.7. The molecule has 34 nitrogen and oxygen atoms in total. The Balaban J connectivity index is 0.000000449. The Labute approximate surface area is 660 Å². The summed E-state index contributed by atoms with van der Waals surface area (Å²) >= 11 is 0. The van der Waals surface area contributed by atoms with Crippen LogP contribution in [0.2, 0.25) is 0 Å². The second-order valence-electron chi connectivity index (χ2n) is 29.8. The number of ketones is 2. The van der Waals surface area contributed by atoms with Crippen molar-refractivity contribution in [3.8, 4) is 0 Å². The molecular weight excluding hydrogens is 1510 g/mol. The number of aliphatic hydroxyl groups is 12. The number of carbonyl (C=O) groups excluding carboxylic acids is 4. The molecule has 28 atom stereocenters. The van der Waals surface area contributed by atoms with Gasteiger partial charge in [0, 0.05) is 77.0 Å². The Bertz CT molecular complexity index is 3090. The lowest BCUT2D eigenvalue weighted by atomic mass is 9.83. The molecule has 4 fully saturated rings. The molecule has 4 bridgehead atoms. The Hall–Kier alpha value is -5.79. The maximum Gasteiger partial charge on any atom is 0.394 e. The first-order valence-electron chi connectivity index (χ1n) is 38.8. The molecule has 20 N–H and O–H groups in total. The summed E-state index contributed by atoms with van der Waals surface area (Å²) in [5, 5.41) is 150. The Kier molecular flexibility index (Phi) is 43.6. The number of nitrogens with two attached hydrogens (primary N) is 2. The summed E-state index contributed by atoms with van der Waals surface area (Å²) < 4.78 is 78.5. The first-order valence-corrected chi connectivity index (χ1v) is 40.2. The molecule has 0 unspecified atom stereocenters. The van der Waals surface area contributed by atoms with E-state index >= 15 is 0 Å². The van der Waals surface area contributed by atoms with Gasteiger partial charge in [0.25, 0.3) is 0 Å². The normalized spacial score (nSPS) is 38.7. The highest BCUT2D eigenvalue weighted by atomic mass is 32.3. The van der Waals surface area contributed by atoms with Gasteiger partial charge < -0.3 is 121 Å². The summed E-state index contributed by atoms with van der Waals surface area (Å²) in [6.07, 6.45) is 5.99. The van der Waals surface area contributed by atoms with Gasteiger partial charge in [-0.25, -0.2) is 0 Å². The Morgan fingerprint density at radius 3 is 1.15 bits per heavy atom. The zero-order valence-corrected chi connectivity index (χ0v) is 65.9. The van der Waals surface area contributed by atoms with Crippen LogP contribution in [0.5, 0.6) is 0 Å². The molecule has 0 radical (unpaired) electrons. The highest BCUT2D eigenvalue weighted by Gasteiger charge is 2.53. The lowest BCUT2D eigenvalue weighted by Gasteiger charge is -2.45. The molecule has 0 aliphatic carbocycles. The number of hydrogen-bond donors (Lipinski definition) is 18. The number of allylic oxidation sites excluding steroid dienone is 12. The van der Waals surface area contributed by atoms with Gasteiger partial charge in [0.1, 0.15) is 47.8 Å². The summed E-state index contributed by atoms with van der Waals surface area (Å²) in [7, 11) is -4.67. The van der Waals surface area contributed by atoms with Crippen LogP contribution in [-0.2, 0) is 77.1 Å². The van der Waals surface area contributed by atoms with Crippen LogP contribution >= 0.6 is 0 Å². The number of fused-ring (bicyclic) bond motifs is 4. The van der Waals surface area contributed by atoms with Gasteiger partial charge in [0.05, 0.1) is 109 Å². The van der Waals surface area contributed by atoms with Gasteiger partial charge in [-0.3, -0.25) is 37.9 Å². The molecule has 0 saturated carbocycles. The maximum absolute atomic E-state index is 13.0. The molecule has 4 saturated heterocycles. The van der Waals surface area contributed by atoms with Crippen molar-refractivity contribution >= 4 is 45.8 Å². The number of hydrogen-bond acceptors (Lipinski definition) is 30. The predicted molar refractivity (Wildman–Crippen MR) is 405 cm³/mol. The van der Waals surface area contributed by atoms with Crippen molar-refractivity contribution in [2.45, 2.75) is 329 Å². The van der Waals surface area contributed by atoms with Gasteiger partial charge in [-0.2, -0.15) is 8.42 Å². The van der Waals surface area contributed by atoms with Crippen LogP contribution in [0.3, 0.4) is 0 Å². The van der Waals surface area contributed by atoms with Gasteiger partial charge in [0.2, 0.25) is 0 Å². The van der Waals surface area contributed by atoms with E-state index in [0.717, 1.165) is 12.8 Å². The fourth-order valence-corrected chi connectivity index (χ4v) is 14.3. The van der Waals surface area contributed by atoms with E-state index in [9.17, 15) is 100 Å². The minimum absolute atomic E-state index is 0.0177. The maximum atomic E-state index is 13.0.